The Hall–Kier alpha value is -2.25. The van der Waals surface area contributed by atoms with E-state index in [1.165, 1.54) is 11.5 Å². The summed E-state index contributed by atoms with van der Waals surface area (Å²) in [6.45, 7) is 6.26. The van der Waals surface area contributed by atoms with E-state index >= 15 is 0 Å². The van der Waals surface area contributed by atoms with Crippen LogP contribution in [0.4, 0.5) is 10.8 Å². The topological polar surface area (TPSA) is 72.8 Å². The first-order valence-corrected chi connectivity index (χ1v) is 8.44. The van der Waals surface area contributed by atoms with Crippen LogP contribution in [0.3, 0.4) is 0 Å². The predicted molar refractivity (Wildman–Crippen MR) is 95.4 cm³/mol. The van der Waals surface area contributed by atoms with Gasteiger partial charge in [-0.05, 0) is 30.3 Å². The zero-order valence-corrected chi connectivity index (χ0v) is 15.0. The molecule has 0 atom stereocenters. The van der Waals surface area contributed by atoms with E-state index in [0.717, 1.165) is 16.6 Å². The first-order valence-electron chi connectivity index (χ1n) is 7.28. The number of nitrogens with zero attached hydrogens (tertiary/aromatic N) is 4. The summed E-state index contributed by atoms with van der Waals surface area (Å²) in [5, 5.41) is 11.9. The number of nitrogens with one attached hydrogen (secondary N) is 1. The Bertz CT molecular complexity index is 812. The molecule has 0 unspecified atom stereocenters. The van der Waals surface area contributed by atoms with Crippen LogP contribution >= 0.6 is 23.1 Å². The molecule has 2 heterocycles. The molecule has 1 N–H and O–H groups in total. The highest BCUT2D eigenvalue weighted by molar-refractivity contribution is 7.09. The Morgan fingerprint density at radius 2 is 1.79 bits per heavy atom. The molecule has 0 amide bonds. The minimum atomic E-state index is -0.0618. The Kier molecular flexibility index (Phi) is 4.64. The van der Waals surface area contributed by atoms with Crippen molar-refractivity contribution in [1.82, 2.24) is 19.6 Å². The maximum Gasteiger partial charge on any atom is 0.238 e. The molecule has 124 valence electrons. The first kappa shape index (κ1) is 16.6. The molecule has 3 rings (SSSR count). The van der Waals surface area contributed by atoms with Crippen LogP contribution in [0.5, 0.6) is 11.6 Å². The first-order chi connectivity index (χ1) is 11.4. The quantitative estimate of drug-likeness (QED) is 0.718. The highest BCUT2D eigenvalue weighted by Crippen LogP contribution is 2.27. The molecule has 24 heavy (non-hydrogen) atoms. The zero-order valence-electron chi connectivity index (χ0n) is 13.4. The molecule has 0 radical (unpaired) electrons. The van der Waals surface area contributed by atoms with Crippen molar-refractivity contribution in [3.8, 4) is 11.6 Å². The van der Waals surface area contributed by atoms with E-state index in [1.54, 1.807) is 12.1 Å². The SMILES string of the molecule is CC(C)(C)c1nsc(Nc2ccc(Oc3ccc(Cl)nn3)cc2)n1. The van der Waals surface area contributed by atoms with Crippen LogP contribution in [-0.2, 0) is 5.41 Å². The van der Waals surface area contributed by atoms with Gasteiger partial charge in [0.2, 0.25) is 11.0 Å². The van der Waals surface area contributed by atoms with Gasteiger partial charge in [0, 0.05) is 28.7 Å². The van der Waals surface area contributed by atoms with Crippen molar-refractivity contribution >= 4 is 34.0 Å². The molecule has 0 bridgehead atoms. The maximum absolute atomic E-state index is 5.69. The number of aromatic nitrogens is 4. The van der Waals surface area contributed by atoms with Gasteiger partial charge in [-0.2, -0.15) is 4.37 Å². The smallest absolute Gasteiger partial charge is 0.238 e. The predicted octanol–water partition coefficient (Wildman–Crippen LogP) is 4.81. The van der Waals surface area contributed by atoms with Crippen LogP contribution in [-0.4, -0.2) is 19.6 Å². The summed E-state index contributed by atoms with van der Waals surface area (Å²) in [5.41, 5.74) is 0.842. The number of hydrogen-bond donors (Lipinski definition) is 1. The zero-order chi connectivity index (χ0) is 17.2. The van der Waals surface area contributed by atoms with E-state index < -0.39 is 0 Å². The molecule has 3 aromatic rings. The molecule has 0 aliphatic carbocycles. The Morgan fingerprint density at radius 1 is 1.04 bits per heavy atom. The lowest BCUT2D eigenvalue weighted by Crippen LogP contribution is -2.13. The van der Waals surface area contributed by atoms with Gasteiger partial charge in [-0.1, -0.05) is 32.4 Å². The molecule has 8 heteroatoms. The third-order valence-electron chi connectivity index (χ3n) is 3.03. The standard InChI is InChI=1S/C16H16ClN5OS/c1-16(2,3)14-19-15(24-22-14)18-10-4-6-11(7-5-10)23-13-9-8-12(17)20-21-13/h4-9H,1-3H3,(H,18,19,22). The summed E-state index contributed by atoms with van der Waals surface area (Å²) in [6, 6.07) is 10.8. The van der Waals surface area contributed by atoms with Gasteiger partial charge in [-0.15, -0.1) is 10.2 Å². The van der Waals surface area contributed by atoms with Gasteiger partial charge in [0.15, 0.2) is 5.15 Å². The molecule has 0 spiro atoms. The Morgan fingerprint density at radius 3 is 2.38 bits per heavy atom. The molecule has 2 aromatic heterocycles. The van der Waals surface area contributed by atoms with Crippen molar-refractivity contribution in [2.75, 3.05) is 5.32 Å². The number of rotatable bonds is 4. The van der Waals surface area contributed by atoms with Crippen molar-refractivity contribution in [2.24, 2.45) is 0 Å². The second-order valence-corrected chi connectivity index (χ2v) is 7.26. The molecular weight excluding hydrogens is 346 g/mol. The van der Waals surface area contributed by atoms with Crippen LogP contribution < -0.4 is 10.1 Å². The third-order valence-corrected chi connectivity index (χ3v) is 3.86. The molecule has 1 aromatic carbocycles. The van der Waals surface area contributed by atoms with Crippen LogP contribution in [0.15, 0.2) is 36.4 Å². The average molecular weight is 362 g/mol. The van der Waals surface area contributed by atoms with Gasteiger partial charge >= 0.3 is 0 Å². The molecule has 6 nitrogen and oxygen atoms in total. The maximum atomic E-state index is 5.69. The number of halogens is 1. The number of ether oxygens (including phenoxy) is 1. The summed E-state index contributed by atoms with van der Waals surface area (Å²) < 4.78 is 9.98. The fourth-order valence-electron chi connectivity index (χ4n) is 1.79. The van der Waals surface area contributed by atoms with E-state index in [1.807, 2.05) is 24.3 Å². The number of anilines is 2. The van der Waals surface area contributed by atoms with Gasteiger partial charge in [-0.3, -0.25) is 0 Å². The van der Waals surface area contributed by atoms with E-state index in [9.17, 15) is 0 Å². The van der Waals surface area contributed by atoms with Crippen LogP contribution in [0.25, 0.3) is 0 Å². The van der Waals surface area contributed by atoms with Crippen LogP contribution in [0.1, 0.15) is 26.6 Å². The van der Waals surface area contributed by atoms with Gasteiger partial charge in [0.05, 0.1) is 0 Å². The fraction of sp³-hybridized carbons (Fsp3) is 0.250. The van der Waals surface area contributed by atoms with E-state index in [0.29, 0.717) is 16.8 Å². The highest BCUT2D eigenvalue weighted by Gasteiger charge is 2.19. The summed E-state index contributed by atoms with van der Waals surface area (Å²) in [4.78, 5) is 4.51. The highest BCUT2D eigenvalue weighted by atomic mass is 35.5. The average Bonchev–Trinajstić information content (AvgIpc) is 3.00. The Balaban J connectivity index is 1.66. The summed E-state index contributed by atoms with van der Waals surface area (Å²) >= 11 is 7.04. The van der Waals surface area contributed by atoms with Crippen molar-refractivity contribution in [1.29, 1.82) is 0 Å². The summed E-state index contributed by atoms with van der Waals surface area (Å²) in [6.07, 6.45) is 0. The van der Waals surface area contributed by atoms with Gasteiger partial charge in [-0.25, -0.2) is 4.98 Å². The molecule has 0 fully saturated rings. The van der Waals surface area contributed by atoms with Gasteiger partial charge in [0.1, 0.15) is 11.6 Å². The molecule has 0 aliphatic heterocycles. The van der Waals surface area contributed by atoms with Crippen LogP contribution in [0, 0.1) is 0 Å². The van der Waals surface area contributed by atoms with E-state index in [-0.39, 0.29) is 5.41 Å². The van der Waals surface area contributed by atoms with Crippen molar-refractivity contribution in [2.45, 2.75) is 26.2 Å². The second-order valence-electron chi connectivity index (χ2n) is 6.12. The minimum absolute atomic E-state index is 0.0618. The Labute approximate surface area is 149 Å². The normalized spacial score (nSPS) is 11.3. The summed E-state index contributed by atoms with van der Waals surface area (Å²) in [5.74, 6) is 1.88. The molecule has 0 saturated carbocycles. The van der Waals surface area contributed by atoms with Crippen molar-refractivity contribution in [3.05, 3.63) is 47.4 Å². The molecular formula is C16H16ClN5OS. The summed E-state index contributed by atoms with van der Waals surface area (Å²) in [7, 11) is 0. The number of benzene rings is 1. The fourth-order valence-corrected chi connectivity index (χ4v) is 2.67. The lowest BCUT2D eigenvalue weighted by molar-refractivity contribution is 0.455. The molecule has 0 saturated heterocycles. The van der Waals surface area contributed by atoms with E-state index in [2.05, 4.69) is 45.6 Å². The van der Waals surface area contributed by atoms with Crippen molar-refractivity contribution < 1.29 is 4.74 Å². The molecule has 0 aliphatic rings. The second kappa shape index (κ2) is 6.70. The van der Waals surface area contributed by atoms with Crippen molar-refractivity contribution in [3.63, 3.8) is 0 Å². The van der Waals surface area contributed by atoms with Crippen LogP contribution in [0.2, 0.25) is 5.15 Å². The third kappa shape index (κ3) is 4.18. The van der Waals surface area contributed by atoms with Gasteiger partial charge in [0.25, 0.3) is 0 Å². The largest absolute Gasteiger partial charge is 0.438 e. The van der Waals surface area contributed by atoms with Gasteiger partial charge < -0.3 is 10.1 Å². The minimum Gasteiger partial charge on any atom is -0.438 e. The van der Waals surface area contributed by atoms with E-state index in [4.69, 9.17) is 16.3 Å². The lowest BCUT2D eigenvalue weighted by atomic mass is 9.96. The lowest BCUT2D eigenvalue weighted by Gasteiger charge is -2.12. The number of hydrogen-bond acceptors (Lipinski definition) is 7. The monoisotopic (exact) mass is 361 g/mol.